The maximum Gasteiger partial charge on any atom is 0.123 e. The SMILES string of the molecule is CC(C)c1ccccc1OCCC(CN)c1ccc(F)cc1. The van der Waals surface area contributed by atoms with Crippen LogP contribution in [0.1, 0.15) is 43.2 Å². The monoisotopic (exact) mass is 301 g/mol. The van der Waals surface area contributed by atoms with Crippen LogP contribution < -0.4 is 10.5 Å². The van der Waals surface area contributed by atoms with E-state index in [1.165, 1.54) is 17.7 Å². The van der Waals surface area contributed by atoms with Gasteiger partial charge in [0.25, 0.3) is 0 Å². The van der Waals surface area contributed by atoms with Gasteiger partial charge in [-0.25, -0.2) is 4.39 Å². The Balaban J connectivity index is 1.96. The Morgan fingerprint density at radius 3 is 2.36 bits per heavy atom. The topological polar surface area (TPSA) is 35.2 Å². The highest BCUT2D eigenvalue weighted by molar-refractivity contribution is 5.35. The van der Waals surface area contributed by atoms with Crippen LogP contribution in [0.5, 0.6) is 5.75 Å². The standard InChI is InChI=1S/C19H24FNO/c1-14(2)18-5-3-4-6-19(18)22-12-11-16(13-21)15-7-9-17(20)10-8-15/h3-10,14,16H,11-13,21H2,1-2H3. The van der Waals surface area contributed by atoms with Gasteiger partial charge in [-0.1, -0.05) is 44.2 Å². The molecule has 2 nitrogen and oxygen atoms in total. The van der Waals surface area contributed by atoms with Crippen LogP contribution in [0.4, 0.5) is 4.39 Å². The lowest BCUT2D eigenvalue weighted by molar-refractivity contribution is 0.294. The van der Waals surface area contributed by atoms with Gasteiger partial charge in [-0.2, -0.15) is 0 Å². The van der Waals surface area contributed by atoms with E-state index in [4.69, 9.17) is 10.5 Å². The molecule has 0 aromatic heterocycles. The van der Waals surface area contributed by atoms with Gasteiger partial charge in [0.15, 0.2) is 0 Å². The number of para-hydroxylation sites is 1. The minimum absolute atomic E-state index is 0.187. The number of hydrogen-bond donors (Lipinski definition) is 1. The van der Waals surface area contributed by atoms with Gasteiger partial charge in [-0.15, -0.1) is 0 Å². The Labute approximate surface area is 132 Å². The molecule has 0 saturated heterocycles. The molecule has 0 fully saturated rings. The first-order valence-corrected chi connectivity index (χ1v) is 7.79. The molecule has 0 amide bonds. The van der Waals surface area contributed by atoms with Crippen molar-refractivity contribution in [1.29, 1.82) is 0 Å². The molecule has 0 radical (unpaired) electrons. The molecular weight excluding hydrogens is 277 g/mol. The van der Waals surface area contributed by atoms with Crippen molar-refractivity contribution in [3.05, 3.63) is 65.5 Å². The van der Waals surface area contributed by atoms with E-state index < -0.39 is 0 Å². The summed E-state index contributed by atoms with van der Waals surface area (Å²) in [6.07, 6.45) is 0.814. The number of rotatable bonds is 7. The summed E-state index contributed by atoms with van der Waals surface area (Å²) in [4.78, 5) is 0. The second-order valence-electron chi connectivity index (χ2n) is 5.81. The van der Waals surface area contributed by atoms with Crippen LogP contribution in [0, 0.1) is 5.82 Å². The fourth-order valence-corrected chi connectivity index (χ4v) is 2.56. The molecule has 0 spiro atoms. The van der Waals surface area contributed by atoms with E-state index in [-0.39, 0.29) is 11.7 Å². The molecule has 0 heterocycles. The molecule has 22 heavy (non-hydrogen) atoms. The lowest BCUT2D eigenvalue weighted by atomic mass is 9.96. The second kappa shape index (κ2) is 7.95. The number of nitrogens with two attached hydrogens (primary N) is 1. The highest BCUT2D eigenvalue weighted by atomic mass is 19.1. The van der Waals surface area contributed by atoms with Gasteiger partial charge in [0, 0.05) is 0 Å². The predicted octanol–water partition coefficient (Wildman–Crippen LogP) is 4.46. The summed E-state index contributed by atoms with van der Waals surface area (Å²) in [5.74, 6) is 1.33. The van der Waals surface area contributed by atoms with Crippen molar-refractivity contribution < 1.29 is 9.13 Å². The first kappa shape index (κ1) is 16.5. The quantitative estimate of drug-likeness (QED) is 0.819. The maximum absolute atomic E-state index is 13.0. The molecule has 1 atom stereocenters. The molecule has 118 valence electrons. The van der Waals surface area contributed by atoms with Crippen molar-refractivity contribution in [2.75, 3.05) is 13.2 Å². The zero-order valence-electron chi connectivity index (χ0n) is 13.3. The fraction of sp³-hybridized carbons (Fsp3) is 0.368. The van der Waals surface area contributed by atoms with E-state index in [2.05, 4.69) is 19.9 Å². The fourth-order valence-electron chi connectivity index (χ4n) is 2.56. The van der Waals surface area contributed by atoms with Crippen LogP contribution in [0.15, 0.2) is 48.5 Å². The van der Waals surface area contributed by atoms with Gasteiger partial charge >= 0.3 is 0 Å². The van der Waals surface area contributed by atoms with E-state index in [1.54, 1.807) is 12.1 Å². The molecule has 2 aromatic rings. The third-order valence-corrected chi connectivity index (χ3v) is 3.89. The van der Waals surface area contributed by atoms with Gasteiger partial charge < -0.3 is 10.5 Å². The van der Waals surface area contributed by atoms with Crippen LogP contribution in [0.3, 0.4) is 0 Å². The highest BCUT2D eigenvalue weighted by Crippen LogP contribution is 2.27. The van der Waals surface area contributed by atoms with Gasteiger partial charge in [0.2, 0.25) is 0 Å². The van der Waals surface area contributed by atoms with Crippen molar-refractivity contribution in [3.8, 4) is 5.75 Å². The number of ether oxygens (including phenoxy) is 1. The Morgan fingerprint density at radius 1 is 1.05 bits per heavy atom. The average molecular weight is 301 g/mol. The van der Waals surface area contributed by atoms with Crippen LogP contribution >= 0.6 is 0 Å². The zero-order chi connectivity index (χ0) is 15.9. The molecule has 2 N–H and O–H groups in total. The van der Waals surface area contributed by atoms with Crippen molar-refractivity contribution >= 4 is 0 Å². The smallest absolute Gasteiger partial charge is 0.123 e. The minimum Gasteiger partial charge on any atom is -0.493 e. The normalized spacial score (nSPS) is 12.4. The summed E-state index contributed by atoms with van der Waals surface area (Å²) in [6, 6.07) is 14.7. The van der Waals surface area contributed by atoms with E-state index in [1.807, 2.05) is 18.2 Å². The number of halogens is 1. The summed E-state index contributed by atoms with van der Waals surface area (Å²) < 4.78 is 18.9. The summed E-state index contributed by atoms with van der Waals surface area (Å²) in [6.45, 7) is 5.44. The molecule has 0 bridgehead atoms. The number of benzene rings is 2. The van der Waals surface area contributed by atoms with Gasteiger partial charge in [-0.05, 0) is 54.1 Å². The first-order valence-electron chi connectivity index (χ1n) is 7.79. The Bertz CT molecular complexity index is 580. The average Bonchev–Trinajstić information content (AvgIpc) is 2.53. The molecule has 0 aliphatic rings. The highest BCUT2D eigenvalue weighted by Gasteiger charge is 2.11. The molecule has 2 rings (SSSR count). The van der Waals surface area contributed by atoms with E-state index in [9.17, 15) is 4.39 Å². The largest absolute Gasteiger partial charge is 0.493 e. The van der Waals surface area contributed by atoms with Crippen LogP contribution in [0.2, 0.25) is 0 Å². The summed E-state index contributed by atoms with van der Waals surface area (Å²) in [5, 5.41) is 0. The van der Waals surface area contributed by atoms with Crippen LogP contribution in [0.25, 0.3) is 0 Å². The van der Waals surface area contributed by atoms with E-state index in [0.29, 0.717) is 19.1 Å². The Hall–Kier alpha value is -1.87. The van der Waals surface area contributed by atoms with Gasteiger partial charge in [0.05, 0.1) is 6.61 Å². The lowest BCUT2D eigenvalue weighted by Gasteiger charge is -2.18. The Morgan fingerprint density at radius 2 is 1.73 bits per heavy atom. The van der Waals surface area contributed by atoms with Crippen molar-refractivity contribution in [3.63, 3.8) is 0 Å². The zero-order valence-corrected chi connectivity index (χ0v) is 13.3. The lowest BCUT2D eigenvalue weighted by Crippen LogP contribution is -2.16. The maximum atomic E-state index is 13.0. The summed E-state index contributed by atoms with van der Waals surface area (Å²) in [5.41, 5.74) is 8.13. The molecule has 0 aliphatic carbocycles. The second-order valence-corrected chi connectivity index (χ2v) is 5.81. The first-order chi connectivity index (χ1) is 10.6. The van der Waals surface area contributed by atoms with Crippen molar-refractivity contribution in [2.24, 2.45) is 5.73 Å². The van der Waals surface area contributed by atoms with Crippen LogP contribution in [-0.2, 0) is 0 Å². The van der Waals surface area contributed by atoms with E-state index >= 15 is 0 Å². The summed E-state index contributed by atoms with van der Waals surface area (Å²) in [7, 11) is 0. The molecule has 3 heteroatoms. The molecule has 0 saturated carbocycles. The molecular formula is C19H24FNO. The molecule has 1 unspecified atom stereocenters. The van der Waals surface area contributed by atoms with Gasteiger partial charge in [-0.3, -0.25) is 0 Å². The van der Waals surface area contributed by atoms with E-state index in [0.717, 1.165) is 17.7 Å². The van der Waals surface area contributed by atoms with Crippen molar-refractivity contribution in [2.45, 2.75) is 32.1 Å². The third-order valence-electron chi connectivity index (χ3n) is 3.89. The Kier molecular flexibility index (Phi) is 5.96. The predicted molar refractivity (Wildman–Crippen MR) is 88.8 cm³/mol. The van der Waals surface area contributed by atoms with Crippen LogP contribution in [-0.4, -0.2) is 13.2 Å². The van der Waals surface area contributed by atoms with Gasteiger partial charge in [0.1, 0.15) is 11.6 Å². The minimum atomic E-state index is -0.221. The third kappa shape index (κ3) is 4.31. The molecule has 2 aromatic carbocycles. The molecule has 0 aliphatic heterocycles. The number of hydrogen-bond acceptors (Lipinski definition) is 2. The summed E-state index contributed by atoms with van der Waals surface area (Å²) >= 11 is 0. The van der Waals surface area contributed by atoms with Crippen molar-refractivity contribution in [1.82, 2.24) is 0 Å².